The Morgan fingerprint density at radius 3 is 2.76 bits per heavy atom. The predicted octanol–water partition coefficient (Wildman–Crippen LogP) is 0.199. The summed E-state index contributed by atoms with van der Waals surface area (Å²) >= 11 is 0. The lowest BCUT2D eigenvalue weighted by Crippen LogP contribution is -2.21. The number of carbonyl (C=O) groups is 1. The molecule has 94 valence electrons. The lowest BCUT2D eigenvalue weighted by molar-refractivity contribution is -0.139. The van der Waals surface area contributed by atoms with Crippen LogP contribution in [0, 0.1) is 0 Å². The number of sulfonamides is 1. The number of nitrogens with one attached hydrogen (secondary N) is 1. The summed E-state index contributed by atoms with van der Waals surface area (Å²) in [7, 11) is -3.25. The van der Waals surface area contributed by atoms with Crippen molar-refractivity contribution in [1.29, 1.82) is 0 Å². The monoisotopic (exact) mass is 259 g/mol. The fourth-order valence-corrected chi connectivity index (χ4v) is 1.53. The van der Waals surface area contributed by atoms with Gasteiger partial charge < -0.3 is 9.84 Å². The fourth-order valence-electron chi connectivity index (χ4n) is 1.10. The van der Waals surface area contributed by atoms with Gasteiger partial charge in [-0.15, -0.1) is 0 Å². The minimum atomic E-state index is -3.25. The molecule has 0 spiro atoms. The Labute approximate surface area is 99.3 Å². The van der Waals surface area contributed by atoms with Crippen molar-refractivity contribution >= 4 is 16.0 Å². The first-order chi connectivity index (χ1) is 7.87. The third-order valence-corrected chi connectivity index (χ3v) is 2.47. The maximum absolute atomic E-state index is 10.9. The molecule has 1 aromatic rings. The average molecular weight is 259 g/mol. The lowest BCUT2D eigenvalue weighted by Gasteiger charge is -2.06. The van der Waals surface area contributed by atoms with Crippen molar-refractivity contribution in [2.24, 2.45) is 0 Å². The van der Waals surface area contributed by atoms with Gasteiger partial charge in [-0.1, -0.05) is 12.1 Å². The van der Waals surface area contributed by atoms with Gasteiger partial charge in [0.05, 0.1) is 6.26 Å². The summed E-state index contributed by atoms with van der Waals surface area (Å²) in [6.07, 6.45) is 1.07. The van der Waals surface area contributed by atoms with E-state index in [0.717, 1.165) is 6.26 Å². The van der Waals surface area contributed by atoms with Crippen LogP contribution in [0.4, 0.5) is 0 Å². The second kappa shape index (κ2) is 5.65. The van der Waals surface area contributed by atoms with Crippen LogP contribution in [-0.4, -0.2) is 32.4 Å². The van der Waals surface area contributed by atoms with Crippen molar-refractivity contribution in [1.82, 2.24) is 4.72 Å². The maximum Gasteiger partial charge on any atom is 0.341 e. The topological polar surface area (TPSA) is 92.7 Å². The molecule has 1 rings (SSSR count). The van der Waals surface area contributed by atoms with E-state index in [0.29, 0.717) is 11.3 Å². The Morgan fingerprint density at radius 2 is 2.18 bits per heavy atom. The number of ether oxygens (including phenoxy) is 1. The Balaban J connectivity index is 2.62. The second-order valence-corrected chi connectivity index (χ2v) is 5.26. The molecule has 0 aliphatic rings. The molecule has 0 saturated heterocycles. The molecule has 1 aromatic carbocycles. The summed E-state index contributed by atoms with van der Waals surface area (Å²) < 4.78 is 29.1. The predicted molar refractivity (Wildman–Crippen MR) is 61.3 cm³/mol. The zero-order chi connectivity index (χ0) is 12.9. The van der Waals surface area contributed by atoms with Gasteiger partial charge in [-0.05, 0) is 17.7 Å². The van der Waals surface area contributed by atoms with Crippen molar-refractivity contribution in [3.8, 4) is 5.75 Å². The van der Waals surface area contributed by atoms with E-state index < -0.39 is 22.6 Å². The zero-order valence-electron chi connectivity index (χ0n) is 9.21. The molecule has 0 atom stereocenters. The van der Waals surface area contributed by atoms with Crippen LogP contribution < -0.4 is 9.46 Å². The highest BCUT2D eigenvalue weighted by Crippen LogP contribution is 2.13. The maximum atomic E-state index is 10.9. The van der Waals surface area contributed by atoms with Crippen LogP contribution in [0.3, 0.4) is 0 Å². The number of aliphatic carboxylic acids is 1. The number of rotatable bonds is 6. The number of hydrogen-bond donors (Lipinski definition) is 2. The van der Waals surface area contributed by atoms with E-state index in [1.807, 2.05) is 0 Å². The molecule has 17 heavy (non-hydrogen) atoms. The third kappa shape index (κ3) is 5.88. The van der Waals surface area contributed by atoms with Crippen LogP contribution in [0.5, 0.6) is 5.75 Å². The van der Waals surface area contributed by atoms with Crippen molar-refractivity contribution in [3.05, 3.63) is 29.8 Å². The van der Waals surface area contributed by atoms with Crippen LogP contribution in [0.25, 0.3) is 0 Å². The van der Waals surface area contributed by atoms with Gasteiger partial charge in [-0.25, -0.2) is 17.9 Å². The molecule has 0 heterocycles. The summed E-state index contributed by atoms with van der Waals surface area (Å²) in [5.41, 5.74) is 0.693. The van der Waals surface area contributed by atoms with E-state index in [9.17, 15) is 13.2 Å². The highest BCUT2D eigenvalue weighted by molar-refractivity contribution is 7.88. The van der Waals surface area contributed by atoms with Gasteiger partial charge in [0.1, 0.15) is 5.75 Å². The highest BCUT2D eigenvalue weighted by atomic mass is 32.2. The van der Waals surface area contributed by atoms with E-state index in [2.05, 4.69) is 4.72 Å². The molecule has 0 bridgehead atoms. The molecule has 7 heteroatoms. The smallest absolute Gasteiger partial charge is 0.341 e. The van der Waals surface area contributed by atoms with E-state index in [-0.39, 0.29) is 6.54 Å². The van der Waals surface area contributed by atoms with Gasteiger partial charge in [0.2, 0.25) is 10.0 Å². The van der Waals surface area contributed by atoms with Crippen molar-refractivity contribution < 1.29 is 23.1 Å². The van der Waals surface area contributed by atoms with E-state index in [1.54, 1.807) is 24.3 Å². The van der Waals surface area contributed by atoms with Crippen LogP contribution in [-0.2, 0) is 21.4 Å². The molecular weight excluding hydrogens is 246 g/mol. The van der Waals surface area contributed by atoms with Crippen molar-refractivity contribution in [3.63, 3.8) is 0 Å². The van der Waals surface area contributed by atoms with E-state index in [4.69, 9.17) is 9.84 Å². The first kappa shape index (κ1) is 13.5. The van der Waals surface area contributed by atoms with Gasteiger partial charge in [0.15, 0.2) is 6.61 Å². The van der Waals surface area contributed by atoms with E-state index >= 15 is 0 Å². The number of benzene rings is 1. The summed E-state index contributed by atoms with van der Waals surface area (Å²) in [6.45, 7) is -0.286. The first-order valence-electron chi connectivity index (χ1n) is 4.75. The van der Waals surface area contributed by atoms with Gasteiger partial charge in [0.25, 0.3) is 0 Å². The van der Waals surface area contributed by atoms with Crippen LogP contribution >= 0.6 is 0 Å². The van der Waals surface area contributed by atoms with Gasteiger partial charge in [-0.3, -0.25) is 0 Å². The summed E-state index contributed by atoms with van der Waals surface area (Å²) in [4.78, 5) is 10.3. The Bertz CT molecular complexity index is 497. The standard InChI is InChI=1S/C10H13NO5S/c1-17(14,15)11-6-8-3-2-4-9(5-8)16-7-10(12)13/h2-5,11H,6-7H2,1H3,(H,12,13). The summed E-state index contributed by atoms with van der Waals surface area (Å²) in [6, 6.07) is 6.57. The van der Waals surface area contributed by atoms with Gasteiger partial charge >= 0.3 is 5.97 Å². The van der Waals surface area contributed by atoms with Crippen molar-refractivity contribution in [2.45, 2.75) is 6.54 Å². The molecule has 0 saturated carbocycles. The molecule has 0 fully saturated rings. The number of carboxylic acid groups (broad SMARTS) is 1. The Morgan fingerprint density at radius 1 is 1.47 bits per heavy atom. The van der Waals surface area contributed by atoms with E-state index in [1.165, 1.54) is 0 Å². The molecule has 0 aliphatic heterocycles. The minimum Gasteiger partial charge on any atom is -0.482 e. The van der Waals surface area contributed by atoms with Crippen LogP contribution in [0.2, 0.25) is 0 Å². The Hall–Kier alpha value is -1.60. The van der Waals surface area contributed by atoms with Gasteiger partial charge in [-0.2, -0.15) is 0 Å². The Kier molecular flexibility index (Phi) is 4.47. The SMILES string of the molecule is CS(=O)(=O)NCc1cccc(OCC(=O)O)c1. The normalized spacial score (nSPS) is 11.1. The summed E-state index contributed by atoms with van der Waals surface area (Å²) in [5, 5.41) is 8.44. The first-order valence-corrected chi connectivity index (χ1v) is 6.64. The minimum absolute atomic E-state index is 0.142. The molecule has 0 unspecified atom stereocenters. The summed E-state index contributed by atoms with van der Waals surface area (Å²) in [5.74, 6) is -0.676. The third-order valence-electron chi connectivity index (χ3n) is 1.80. The molecule has 0 aliphatic carbocycles. The molecule has 0 radical (unpaired) electrons. The molecular formula is C10H13NO5S. The van der Waals surface area contributed by atoms with Crippen molar-refractivity contribution in [2.75, 3.05) is 12.9 Å². The molecule has 2 N–H and O–H groups in total. The molecule has 6 nitrogen and oxygen atoms in total. The number of hydrogen-bond acceptors (Lipinski definition) is 4. The second-order valence-electron chi connectivity index (χ2n) is 3.42. The zero-order valence-corrected chi connectivity index (χ0v) is 10.0. The largest absolute Gasteiger partial charge is 0.482 e. The van der Waals surface area contributed by atoms with Crippen LogP contribution in [0.15, 0.2) is 24.3 Å². The fraction of sp³-hybridized carbons (Fsp3) is 0.300. The number of carboxylic acids is 1. The quantitative estimate of drug-likeness (QED) is 0.761. The van der Waals surface area contributed by atoms with Crippen LogP contribution in [0.1, 0.15) is 5.56 Å². The lowest BCUT2D eigenvalue weighted by atomic mass is 10.2. The average Bonchev–Trinajstić information content (AvgIpc) is 2.23. The highest BCUT2D eigenvalue weighted by Gasteiger charge is 2.03. The molecule has 0 aromatic heterocycles. The molecule has 0 amide bonds. The van der Waals surface area contributed by atoms with Gasteiger partial charge in [0, 0.05) is 6.54 Å².